The molecule has 0 amide bonds. The van der Waals surface area contributed by atoms with Gasteiger partial charge in [-0.3, -0.25) is 4.68 Å². The van der Waals surface area contributed by atoms with Gasteiger partial charge in [-0.05, 0) is 6.07 Å². The van der Waals surface area contributed by atoms with Crippen LogP contribution in [0.2, 0.25) is 0 Å². The van der Waals surface area contributed by atoms with Gasteiger partial charge in [0.15, 0.2) is 5.65 Å². The summed E-state index contributed by atoms with van der Waals surface area (Å²) in [4.78, 5) is 4.60. The summed E-state index contributed by atoms with van der Waals surface area (Å²) in [5, 5.41) is 8.61. The van der Waals surface area contributed by atoms with E-state index in [0.717, 1.165) is 28.0 Å². The van der Waals surface area contributed by atoms with E-state index in [9.17, 15) is 0 Å². The fraction of sp³-hybridized carbons (Fsp3) is 0.143. The summed E-state index contributed by atoms with van der Waals surface area (Å²) in [5.74, 6) is 0. The summed E-state index contributed by atoms with van der Waals surface area (Å²) in [5.41, 5.74) is 3.85. The maximum Gasteiger partial charge on any atom is 0.183 e. The summed E-state index contributed by atoms with van der Waals surface area (Å²) in [6, 6.07) is 12.2. The highest BCUT2D eigenvalue weighted by Gasteiger charge is 2.09. The third-order valence-corrected chi connectivity index (χ3v) is 2.95. The van der Waals surface area contributed by atoms with Crippen molar-refractivity contribution in [3.63, 3.8) is 0 Å². The quantitative estimate of drug-likeness (QED) is 0.746. The Balaban J connectivity index is 2.25. The van der Waals surface area contributed by atoms with E-state index in [0.29, 0.717) is 0 Å². The lowest BCUT2D eigenvalue weighted by Gasteiger charge is -2.05. The first-order chi connectivity index (χ1) is 8.78. The Hall–Kier alpha value is -2.36. The van der Waals surface area contributed by atoms with Gasteiger partial charge in [0.1, 0.15) is 0 Å². The number of aromatic nitrogens is 3. The summed E-state index contributed by atoms with van der Waals surface area (Å²) in [6.45, 7) is 0. The number of hydrogen-bond acceptors (Lipinski definition) is 3. The monoisotopic (exact) mass is 238 g/mol. The van der Waals surface area contributed by atoms with Crippen molar-refractivity contribution >= 4 is 16.7 Å². The second-order valence-electron chi connectivity index (χ2n) is 4.21. The lowest BCUT2D eigenvalue weighted by molar-refractivity contribution is 0.776. The molecular weight excluding hydrogens is 224 g/mol. The van der Waals surface area contributed by atoms with Crippen molar-refractivity contribution in [1.82, 2.24) is 14.8 Å². The maximum atomic E-state index is 4.60. The Kier molecular flexibility index (Phi) is 2.48. The molecule has 0 atom stereocenters. The molecule has 0 saturated heterocycles. The number of rotatable bonds is 2. The SMILES string of the molecule is CNc1cc(-c2ccccc2)nc2nn(C)cc12. The Morgan fingerprint density at radius 2 is 1.94 bits per heavy atom. The third-order valence-electron chi connectivity index (χ3n) is 2.95. The Morgan fingerprint density at radius 3 is 2.67 bits per heavy atom. The molecule has 0 fully saturated rings. The number of pyridine rings is 1. The van der Waals surface area contributed by atoms with Crippen LogP contribution in [0.3, 0.4) is 0 Å². The highest BCUT2D eigenvalue weighted by molar-refractivity contribution is 5.91. The molecule has 3 aromatic rings. The molecule has 3 rings (SSSR count). The van der Waals surface area contributed by atoms with Crippen LogP contribution in [0.4, 0.5) is 5.69 Å². The fourth-order valence-electron chi connectivity index (χ4n) is 2.07. The number of nitrogens with one attached hydrogen (secondary N) is 1. The summed E-state index contributed by atoms with van der Waals surface area (Å²) < 4.78 is 1.78. The molecule has 0 unspecified atom stereocenters. The summed E-state index contributed by atoms with van der Waals surface area (Å²) in [6.07, 6.45) is 1.98. The molecule has 0 spiro atoms. The normalized spacial score (nSPS) is 10.8. The van der Waals surface area contributed by atoms with Crippen LogP contribution in [0.15, 0.2) is 42.6 Å². The number of nitrogens with zero attached hydrogens (tertiary/aromatic N) is 3. The van der Waals surface area contributed by atoms with Gasteiger partial charge >= 0.3 is 0 Å². The zero-order valence-electron chi connectivity index (χ0n) is 10.4. The average molecular weight is 238 g/mol. The Morgan fingerprint density at radius 1 is 1.17 bits per heavy atom. The van der Waals surface area contributed by atoms with Crippen molar-refractivity contribution in [3.05, 3.63) is 42.6 Å². The molecule has 18 heavy (non-hydrogen) atoms. The van der Waals surface area contributed by atoms with Crippen LogP contribution < -0.4 is 5.32 Å². The maximum absolute atomic E-state index is 4.60. The van der Waals surface area contributed by atoms with Gasteiger partial charge in [0.25, 0.3) is 0 Å². The van der Waals surface area contributed by atoms with E-state index >= 15 is 0 Å². The zero-order chi connectivity index (χ0) is 12.5. The Bertz CT molecular complexity index is 686. The van der Waals surface area contributed by atoms with Gasteiger partial charge in [0.05, 0.1) is 11.1 Å². The van der Waals surface area contributed by atoms with Crippen molar-refractivity contribution in [2.45, 2.75) is 0 Å². The number of anilines is 1. The summed E-state index contributed by atoms with van der Waals surface area (Å²) in [7, 11) is 3.82. The number of hydrogen-bond donors (Lipinski definition) is 1. The molecule has 4 nitrogen and oxygen atoms in total. The van der Waals surface area contributed by atoms with Gasteiger partial charge in [-0.2, -0.15) is 5.10 Å². The van der Waals surface area contributed by atoms with Crippen molar-refractivity contribution in [3.8, 4) is 11.3 Å². The first-order valence-corrected chi connectivity index (χ1v) is 5.85. The standard InChI is InChI=1S/C14H14N4/c1-15-13-8-12(10-6-4-3-5-7-10)16-14-11(13)9-18(2)17-14/h3-9,15H,1-2H3. The smallest absolute Gasteiger partial charge is 0.183 e. The van der Waals surface area contributed by atoms with E-state index in [1.807, 2.05) is 38.5 Å². The van der Waals surface area contributed by atoms with Crippen LogP contribution in [0.5, 0.6) is 0 Å². The van der Waals surface area contributed by atoms with E-state index in [1.165, 1.54) is 0 Å². The third kappa shape index (κ3) is 1.72. The molecule has 2 aromatic heterocycles. The molecule has 0 aliphatic rings. The first-order valence-electron chi connectivity index (χ1n) is 5.85. The minimum atomic E-state index is 0.767. The van der Waals surface area contributed by atoms with Crippen LogP contribution >= 0.6 is 0 Å². The molecule has 1 N–H and O–H groups in total. The van der Waals surface area contributed by atoms with Gasteiger partial charge in [0.2, 0.25) is 0 Å². The molecule has 0 radical (unpaired) electrons. The lowest BCUT2D eigenvalue weighted by Crippen LogP contribution is -1.92. The van der Waals surface area contributed by atoms with Crippen LogP contribution in [0.25, 0.3) is 22.3 Å². The second-order valence-corrected chi connectivity index (χ2v) is 4.21. The van der Waals surface area contributed by atoms with Gasteiger partial charge in [-0.25, -0.2) is 4.98 Å². The van der Waals surface area contributed by atoms with Crippen LogP contribution in [0.1, 0.15) is 0 Å². The van der Waals surface area contributed by atoms with Crippen LogP contribution in [0, 0.1) is 0 Å². The predicted molar refractivity (Wildman–Crippen MR) is 73.5 cm³/mol. The molecule has 0 aliphatic heterocycles. The molecular formula is C14H14N4. The van der Waals surface area contributed by atoms with E-state index in [4.69, 9.17) is 0 Å². The van der Waals surface area contributed by atoms with Crippen molar-refractivity contribution in [2.24, 2.45) is 7.05 Å². The molecule has 1 aromatic carbocycles. The topological polar surface area (TPSA) is 42.7 Å². The highest BCUT2D eigenvalue weighted by atomic mass is 15.3. The van der Waals surface area contributed by atoms with Crippen molar-refractivity contribution < 1.29 is 0 Å². The Labute approximate surface area is 105 Å². The minimum absolute atomic E-state index is 0.767. The van der Waals surface area contributed by atoms with E-state index in [1.54, 1.807) is 4.68 Å². The summed E-state index contributed by atoms with van der Waals surface area (Å²) >= 11 is 0. The zero-order valence-corrected chi connectivity index (χ0v) is 10.4. The largest absolute Gasteiger partial charge is 0.387 e. The molecule has 0 bridgehead atoms. The fourth-order valence-corrected chi connectivity index (χ4v) is 2.07. The molecule has 0 aliphatic carbocycles. The second kappa shape index (κ2) is 4.14. The van der Waals surface area contributed by atoms with Crippen LogP contribution in [-0.4, -0.2) is 21.8 Å². The molecule has 4 heteroatoms. The minimum Gasteiger partial charge on any atom is -0.387 e. The number of aryl methyl sites for hydroxylation is 1. The van der Waals surface area contributed by atoms with Gasteiger partial charge in [-0.1, -0.05) is 30.3 Å². The average Bonchev–Trinajstić information content (AvgIpc) is 2.78. The number of fused-ring (bicyclic) bond motifs is 1. The number of benzene rings is 1. The van der Waals surface area contributed by atoms with E-state index in [2.05, 4.69) is 33.6 Å². The van der Waals surface area contributed by atoms with Crippen molar-refractivity contribution in [2.75, 3.05) is 12.4 Å². The van der Waals surface area contributed by atoms with Gasteiger partial charge < -0.3 is 5.32 Å². The van der Waals surface area contributed by atoms with Gasteiger partial charge in [0, 0.05) is 31.5 Å². The molecule has 2 heterocycles. The van der Waals surface area contributed by atoms with Crippen LogP contribution in [-0.2, 0) is 7.05 Å². The molecule has 90 valence electrons. The van der Waals surface area contributed by atoms with Crippen molar-refractivity contribution in [1.29, 1.82) is 0 Å². The predicted octanol–water partition coefficient (Wildman–Crippen LogP) is 2.68. The lowest BCUT2D eigenvalue weighted by atomic mass is 10.1. The van der Waals surface area contributed by atoms with E-state index < -0.39 is 0 Å². The molecule has 0 saturated carbocycles. The van der Waals surface area contributed by atoms with E-state index in [-0.39, 0.29) is 0 Å². The van der Waals surface area contributed by atoms with Gasteiger partial charge in [-0.15, -0.1) is 0 Å². The first kappa shape index (κ1) is 10.8. The highest BCUT2D eigenvalue weighted by Crippen LogP contribution is 2.26.